The van der Waals surface area contributed by atoms with Crippen LogP contribution in [0, 0.1) is 10.1 Å². The highest BCUT2D eigenvalue weighted by Crippen LogP contribution is 2.36. The lowest BCUT2D eigenvalue weighted by atomic mass is 10.1. The van der Waals surface area contributed by atoms with E-state index >= 15 is 0 Å². The van der Waals surface area contributed by atoms with Crippen LogP contribution in [0.1, 0.15) is 12.5 Å². The quantitative estimate of drug-likeness (QED) is 0.473. The zero-order chi connectivity index (χ0) is 14.8. The first kappa shape index (κ1) is 15.6. The van der Waals surface area contributed by atoms with Crippen LogP contribution in [0.2, 0.25) is 0 Å². The van der Waals surface area contributed by atoms with E-state index in [4.69, 9.17) is 10.7 Å². The first-order chi connectivity index (χ1) is 8.66. The summed E-state index contributed by atoms with van der Waals surface area (Å²) in [4.78, 5) is 8.96. The molecular formula is C9H8ClF2NO5S. The second-order valence-corrected chi connectivity index (χ2v) is 5.89. The molecule has 0 N–H and O–H groups in total. The van der Waals surface area contributed by atoms with E-state index in [0.29, 0.717) is 6.07 Å². The highest BCUT2D eigenvalue weighted by molar-refractivity contribution is 8.13. The predicted molar refractivity (Wildman–Crippen MR) is 62.1 cm³/mol. The lowest BCUT2D eigenvalue weighted by molar-refractivity contribution is -0.385. The van der Waals surface area contributed by atoms with Gasteiger partial charge in [0.15, 0.2) is 0 Å². The Bertz CT molecular complexity index is 605. The maximum Gasteiger partial charge on any atom is 0.387 e. The van der Waals surface area contributed by atoms with E-state index in [1.165, 1.54) is 6.92 Å². The summed E-state index contributed by atoms with van der Waals surface area (Å²) in [5, 5.41) is 10.7. The van der Waals surface area contributed by atoms with E-state index in [1.807, 2.05) is 0 Å². The standard InChI is InChI=1S/C9H8ClF2NO5S/c1-2-5-3-6(13(14)15)4-7(19(10,16)17)8(5)18-9(11)12/h3-4,9H,2H2,1H3. The van der Waals surface area contributed by atoms with Crippen LogP contribution in [0.5, 0.6) is 5.75 Å². The summed E-state index contributed by atoms with van der Waals surface area (Å²) in [7, 11) is 0.619. The Morgan fingerprint density at radius 1 is 1.47 bits per heavy atom. The summed E-state index contributed by atoms with van der Waals surface area (Å²) in [5.74, 6) is -0.668. The Hall–Kier alpha value is -1.48. The van der Waals surface area contributed by atoms with Gasteiger partial charge in [-0.25, -0.2) is 8.42 Å². The average molecular weight is 316 g/mol. The third kappa shape index (κ3) is 3.74. The highest BCUT2D eigenvalue weighted by atomic mass is 35.7. The Labute approximate surface area is 111 Å². The third-order valence-electron chi connectivity index (χ3n) is 2.18. The number of benzene rings is 1. The van der Waals surface area contributed by atoms with Crippen LogP contribution >= 0.6 is 10.7 Å². The van der Waals surface area contributed by atoms with Gasteiger partial charge >= 0.3 is 6.61 Å². The number of nitro benzene ring substituents is 1. The molecule has 0 aromatic heterocycles. The zero-order valence-electron chi connectivity index (χ0n) is 9.47. The second-order valence-electron chi connectivity index (χ2n) is 3.36. The van der Waals surface area contributed by atoms with E-state index in [2.05, 4.69) is 4.74 Å². The predicted octanol–water partition coefficient (Wildman–Crippen LogP) is 2.69. The van der Waals surface area contributed by atoms with Gasteiger partial charge in [-0.05, 0) is 6.42 Å². The van der Waals surface area contributed by atoms with Crippen LogP contribution in [0.15, 0.2) is 17.0 Å². The Morgan fingerprint density at radius 3 is 2.42 bits per heavy atom. The van der Waals surface area contributed by atoms with Crippen molar-refractivity contribution < 1.29 is 26.9 Å². The molecule has 0 saturated carbocycles. The van der Waals surface area contributed by atoms with E-state index in [0.717, 1.165) is 6.07 Å². The molecule has 0 bridgehead atoms. The molecule has 0 spiro atoms. The Morgan fingerprint density at radius 2 is 2.05 bits per heavy atom. The molecule has 0 unspecified atom stereocenters. The Balaban J connectivity index is 3.62. The molecule has 0 aliphatic heterocycles. The van der Waals surface area contributed by atoms with Gasteiger partial charge in [0, 0.05) is 28.4 Å². The molecule has 106 valence electrons. The molecule has 0 aliphatic carbocycles. The number of alkyl halides is 2. The molecule has 1 aromatic carbocycles. The molecule has 1 rings (SSSR count). The van der Waals surface area contributed by atoms with Crippen LogP contribution < -0.4 is 4.74 Å². The monoisotopic (exact) mass is 315 g/mol. The summed E-state index contributed by atoms with van der Waals surface area (Å²) >= 11 is 0. The minimum atomic E-state index is -4.46. The molecule has 0 heterocycles. The second kappa shape index (κ2) is 5.66. The molecule has 0 fully saturated rings. The molecular weight excluding hydrogens is 308 g/mol. The summed E-state index contributed by atoms with van der Waals surface area (Å²) in [5.41, 5.74) is -0.619. The van der Waals surface area contributed by atoms with Gasteiger partial charge < -0.3 is 4.74 Å². The molecule has 6 nitrogen and oxygen atoms in total. The van der Waals surface area contributed by atoms with Crippen molar-refractivity contribution in [1.29, 1.82) is 0 Å². The van der Waals surface area contributed by atoms with Crippen molar-refractivity contribution >= 4 is 25.4 Å². The van der Waals surface area contributed by atoms with Gasteiger partial charge in [-0.1, -0.05) is 6.92 Å². The number of non-ortho nitro benzene ring substituents is 1. The van der Waals surface area contributed by atoms with Gasteiger partial charge in [-0.15, -0.1) is 0 Å². The molecule has 19 heavy (non-hydrogen) atoms. The zero-order valence-corrected chi connectivity index (χ0v) is 11.0. The lowest BCUT2D eigenvalue weighted by Gasteiger charge is -2.12. The maximum absolute atomic E-state index is 12.3. The largest absolute Gasteiger partial charge is 0.433 e. The number of hydrogen-bond acceptors (Lipinski definition) is 5. The van der Waals surface area contributed by atoms with E-state index in [-0.39, 0.29) is 12.0 Å². The van der Waals surface area contributed by atoms with Crippen molar-refractivity contribution in [3.05, 3.63) is 27.8 Å². The normalized spacial score (nSPS) is 11.6. The van der Waals surface area contributed by atoms with Gasteiger partial charge in [0.05, 0.1) is 4.92 Å². The number of halogens is 3. The minimum absolute atomic E-state index is 0.0475. The van der Waals surface area contributed by atoms with Crippen LogP contribution in [0.25, 0.3) is 0 Å². The van der Waals surface area contributed by atoms with Crippen molar-refractivity contribution in [3.63, 3.8) is 0 Å². The number of rotatable bonds is 5. The summed E-state index contributed by atoms with van der Waals surface area (Å²) in [6.45, 7) is -1.77. The van der Waals surface area contributed by atoms with Crippen LogP contribution in [0.3, 0.4) is 0 Å². The van der Waals surface area contributed by atoms with Crippen molar-refractivity contribution in [1.82, 2.24) is 0 Å². The molecule has 0 amide bonds. The number of nitro groups is 1. The SMILES string of the molecule is CCc1cc([N+](=O)[O-])cc(S(=O)(=O)Cl)c1OC(F)F. The van der Waals surface area contributed by atoms with Gasteiger partial charge in [0.1, 0.15) is 10.6 Å². The van der Waals surface area contributed by atoms with E-state index < -0.39 is 36.9 Å². The summed E-state index contributed by atoms with van der Waals surface area (Å²) in [6.07, 6.45) is 0.0587. The molecule has 0 atom stereocenters. The van der Waals surface area contributed by atoms with Gasteiger partial charge in [0.25, 0.3) is 14.7 Å². The molecule has 0 saturated heterocycles. The van der Waals surface area contributed by atoms with Crippen molar-refractivity contribution in [2.75, 3.05) is 0 Å². The van der Waals surface area contributed by atoms with Gasteiger partial charge in [-0.3, -0.25) is 10.1 Å². The van der Waals surface area contributed by atoms with Crippen LogP contribution in [-0.4, -0.2) is 20.0 Å². The Kier molecular flexibility index (Phi) is 4.64. The fourth-order valence-electron chi connectivity index (χ4n) is 1.42. The first-order valence-corrected chi connectivity index (χ1v) is 7.18. The lowest BCUT2D eigenvalue weighted by Crippen LogP contribution is -2.09. The fourth-order valence-corrected chi connectivity index (χ4v) is 2.42. The summed E-state index contributed by atoms with van der Waals surface area (Å²) in [6, 6.07) is 1.54. The first-order valence-electron chi connectivity index (χ1n) is 4.87. The van der Waals surface area contributed by atoms with Gasteiger partial charge in [0.2, 0.25) is 0 Å². The number of ether oxygens (including phenoxy) is 1. The van der Waals surface area contributed by atoms with Gasteiger partial charge in [-0.2, -0.15) is 8.78 Å². The summed E-state index contributed by atoms with van der Waals surface area (Å²) < 4.78 is 51.2. The highest BCUT2D eigenvalue weighted by Gasteiger charge is 2.26. The molecule has 1 aromatic rings. The smallest absolute Gasteiger partial charge is 0.387 e. The van der Waals surface area contributed by atoms with Crippen molar-refractivity contribution in [2.45, 2.75) is 24.9 Å². The average Bonchev–Trinajstić information content (AvgIpc) is 2.26. The third-order valence-corrected chi connectivity index (χ3v) is 3.51. The van der Waals surface area contributed by atoms with Crippen molar-refractivity contribution in [3.8, 4) is 5.75 Å². The van der Waals surface area contributed by atoms with Crippen molar-refractivity contribution in [2.24, 2.45) is 0 Å². The molecule has 10 heteroatoms. The number of aryl methyl sites for hydroxylation is 1. The number of nitrogens with zero attached hydrogens (tertiary/aromatic N) is 1. The van der Waals surface area contributed by atoms with Crippen LogP contribution in [-0.2, 0) is 15.5 Å². The van der Waals surface area contributed by atoms with E-state index in [1.54, 1.807) is 0 Å². The topological polar surface area (TPSA) is 86.5 Å². The fraction of sp³-hybridized carbons (Fsp3) is 0.333. The maximum atomic E-state index is 12.3. The minimum Gasteiger partial charge on any atom is -0.433 e. The molecule has 0 radical (unpaired) electrons. The van der Waals surface area contributed by atoms with E-state index in [9.17, 15) is 27.3 Å². The van der Waals surface area contributed by atoms with Crippen LogP contribution in [0.4, 0.5) is 14.5 Å². The number of hydrogen-bond donors (Lipinski definition) is 0. The molecule has 0 aliphatic rings.